The molecule has 0 radical (unpaired) electrons. The number of esters is 4. The standard InChI is InChI=1S/C14H22O7/c1-19-11(15)7-3-5-9-13(17)21-14(18)10-6-4-8-12(16)20-2/h3-10H2,1-2H3. The zero-order valence-corrected chi connectivity index (χ0v) is 12.5. The van der Waals surface area contributed by atoms with Crippen LogP contribution in [0.3, 0.4) is 0 Å². The molecule has 0 aliphatic carbocycles. The monoisotopic (exact) mass is 302 g/mol. The second-order valence-corrected chi connectivity index (χ2v) is 4.41. The molecule has 21 heavy (non-hydrogen) atoms. The number of ether oxygens (including phenoxy) is 3. The van der Waals surface area contributed by atoms with Crippen LogP contribution in [-0.2, 0) is 33.4 Å². The van der Waals surface area contributed by atoms with Gasteiger partial charge in [-0.3, -0.25) is 19.2 Å². The zero-order chi connectivity index (χ0) is 16.1. The van der Waals surface area contributed by atoms with Crippen molar-refractivity contribution in [1.29, 1.82) is 0 Å². The van der Waals surface area contributed by atoms with Gasteiger partial charge in [0.05, 0.1) is 14.2 Å². The summed E-state index contributed by atoms with van der Waals surface area (Å²) in [5.41, 5.74) is 0. The molecule has 0 aromatic rings. The highest BCUT2D eigenvalue weighted by Gasteiger charge is 2.11. The number of carbonyl (C=O) groups excluding carboxylic acids is 4. The van der Waals surface area contributed by atoms with Crippen molar-refractivity contribution >= 4 is 23.9 Å². The molecule has 7 heteroatoms. The third-order valence-corrected chi connectivity index (χ3v) is 2.71. The SMILES string of the molecule is COC(=O)CCCCC(=O)OC(=O)CCCCC(=O)OC. The van der Waals surface area contributed by atoms with Crippen molar-refractivity contribution in [3.63, 3.8) is 0 Å². The minimum absolute atomic E-state index is 0.0882. The summed E-state index contributed by atoms with van der Waals surface area (Å²) in [4.78, 5) is 44.3. The summed E-state index contributed by atoms with van der Waals surface area (Å²) in [6.45, 7) is 0. The van der Waals surface area contributed by atoms with Crippen LogP contribution in [0.4, 0.5) is 0 Å². The Morgan fingerprint density at radius 1 is 0.571 bits per heavy atom. The number of unbranched alkanes of at least 4 members (excludes halogenated alkanes) is 2. The third kappa shape index (κ3) is 11.6. The molecular formula is C14H22O7. The van der Waals surface area contributed by atoms with Crippen LogP contribution in [0.15, 0.2) is 0 Å². The van der Waals surface area contributed by atoms with E-state index in [1.807, 2.05) is 0 Å². The van der Waals surface area contributed by atoms with E-state index in [1.165, 1.54) is 14.2 Å². The summed E-state index contributed by atoms with van der Waals surface area (Å²) in [6.07, 6.45) is 2.60. The average molecular weight is 302 g/mol. The quantitative estimate of drug-likeness (QED) is 0.261. The van der Waals surface area contributed by atoms with Gasteiger partial charge in [-0.15, -0.1) is 0 Å². The van der Waals surface area contributed by atoms with Crippen LogP contribution in [-0.4, -0.2) is 38.1 Å². The molecule has 0 rings (SSSR count). The molecule has 0 aliphatic rings. The van der Waals surface area contributed by atoms with E-state index >= 15 is 0 Å². The van der Waals surface area contributed by atoms with E-state index in [4.69, 9.17) is 0 Å². The second kappa shape index (κ2) is 11.9. The van der Waals surface area contributed by atoms with E-state index in [-0.39, 0.29) is 37.6 Å². The minimum Gasteiger partial charge on any atom is -0.469 e. The molecule has 120 valence electrons. The summed E-state index contributed by atoms with van der Waals surface area (Å²) < 4.78 is 13.5. The van der Waals surface area contributed by atoms with Crippen LogP contribution in [0.1, 0.15) is 51.4 Å². The maximum absolute atomic E-state index is 11.3. The lowest BCUT2D eigenvalue weighted by molar-refractivity contribution is -0.160. The van der Waals surface area contributed by atoms with Crippen LogP contribution in [0, 0.1) is 0 Å². The van der Waals surface area contributed by atoms with Gasteiger partial charge < -0.3 is 14.2 Å². The Morgan fingerprint density at radius 3 is 1.14 bits per heavy atom. The maximum Gasteiger partial charge on any atom is 0.313 e. The fourth-order valence-corrected chi connectivity index (χ4v) is 1.51. The maximum atomic E-state index is 11.3. The molecule has 0 atom stereocenters. The molecule has 0 heterocycles. The first kappa shape index (κ1) is 19.1. The molecule has 0 saturated heterocycles. The van der Waals surface area contributed by atoms with Crippen LogP contribution >= 0.6 is 0 Å². The third-order valence-electron chi connectivity index (χ3n) is 2.71. The van der Waals surface area contributed by atoms with Gasteiger partial charge in [0.25, 0.3) is 0 Å². The molecule has 0 N–H and O–H groups in total. The van der Waals surface area contributed by atoms with Crippen molar-refractivity contribution in [2.75, 3.05) is 14.2 Å². The number of hydrogen-bond acceptors (Lipinski definition) is 7. The smallest absolute Gasteiger partial charge is 0.313 e. The zero-order valence-electron chi connectivity index (χ0n) is 12.5. The number of carbonyl (C=O) groups is 4. The van der Waals surface area contributed by atoms with E-state index in [2.05, 4.69) is 14.2 Å². The highest BCUT2D eigenvalue weighted by atomic mass is 16.6. The molecule has 0 saturated carbocycles. The molecule has 0 unspecified atom stereocenters. The van der Waals surface area contributed by atoms with E-state index in [0.29, 0.717) is 25.7 Å². The van der Waals surface area contributed by atoms with Crippen molar-refractivity contribution in [2.45, 2.75) is 51.4 Å². The summed E-state index contributed by atoms with van der Waals surface area (Å²) >= 11 is 0. The number of rotatable bonds is 10. The molecule has 0 aliphatic heterocycles. The van der Waals surface area contributed by atoms with Gasteiger partial charge in [0.1, 0.15) is 0 Å². The van der Waals surface area contributed by atoms with Crippen LogP contribution in [0.5, 0.6) is 0 Å². The molecule has 0 aromatic carbocycles. The van der Waals surface area contributed by atoms with Gasteiger partial charge >= 0.3 is 23.9 Å². The van der Waals surface area contributed by atoms with Gasteiger partial charge in [-0.25, -0.2) is 0 Å². The van der Waals surface area contributed by atoms with Crippen LogP contribution < -0.4 is 0 Å². The summed E-state index contributed by atoms with van der Waals surface area (Å²) in [5.74, 6) is -1.86. The Morgan fingerprint density at radius 2 is 0.857 bits per heavy atom. The first-order chi connectivity index (χ1) is 9.99. The van der Waals surface area contributed by atoms with Crippen molar-refractivity contribution in [1.82, 2.24) is 0 Å². The van der Waals surface area contributed by atoms with Crippen molar-refractivity contribution < 1.29 is 33.4 Å². The Balaban J connectivity index is 3.59. The van der Waals surface area contributed by atoms with Crippen molar-refractivity contribution in [3.05, 3.63) is 0 Å². The van der Waals surface area contributed by atoms with Crippen LogP contribution in [0.2, 0.25) is 0 Å². The van der Waals surface area contributed by atoms with E-state index in [1.54, 1.807) is 0 Å². The van der Waals surface area contributed by atoms with Crippen LogP contribution in [0.25, 0.3) is 0 Å². The Labute approximate surface area is 123 Å². The van der Waals surface area contributed by atoms with Gasteiger partial charge in [-0.05, 0) is 25.7 Å². The molecular weight excluding hydrogens is 280 g/mol. The number of hydrogen-bond donors (Lipinski definition) is 0. The molecule has 7 nitrogen and oxygen atoms in total. The van der Waals surface area contributed by atoms with Gasteiger partial charge in [-0.2, -0.15) is 0 Å². The molecule has 0 bridgehead atoms. The predicted molar refractivity (Wildman–Crippen MR) is 72.1 cm³/mol. The van der Waals surface area contributed by atoms with Gasteiger partial charge in [0.15, 0.2) is 0 Å². The largest absolute Gasteiger partial charge is 0.469 e. The predicted octanol–water partition coefficient (Wildman–Crippen LogP) is 1.52. The molecule has 0 aromatic heterocycles. The van der Waals surface area contributed by atoms with Gasteiger partial charge in [-0.1, -0.05) is 0 Å². The normalized spacial score (nSPS) is 9.81. The Kier molecular flexibility index (Phi) is 10.8. The van der Waals surface area contributed by atoms with E-state index in [9.17, 15) is 19.2 Å². The van der Waals surface area contributed by atoms with Crippen molar-refractivity contribution in [3.8, 4) is 0 Å². The Hall–Kier alpha value is -1.92. The highest BCUT2D eigenvalue weighted by Crippen LogP contribution is 2.06. The molecule has 0 spiro atoms. The lowest BCUT2D eigenvalue weighted by atomic mass is 10.2. The molecule has 0 fully saturated rings. The van der Waals surface area contributed by atoms with Gasteiger partial charge in [0, 0.05) is 25.7 Å². The fourth-order valence-electron chi connectivity index (χ4n) is 1.51. The van der Waals surface area contributed by atoms with E-state index in [0.717, 1.165) is 0 Å². The first-order valence-electron chi connectivity index (χ1n) is 6.86. The fraction of sp³-hybridized carbons (Fsp3) is 0.714. The minimum atomic E-state index is -0.599. The summed E-state index contributed by atoms with van der Waals surface area (Å²) in [7, 11) is 2.60. The van der Waals surface area contributed by atoms with Gasteiger partial charge in [0.2, 0.25) is 0 Å². The highest BCUT2D eigenvalue weighted by molar-refractivity contribution is 5.85. The second-order valence-electron chi connectivity index (χ2n) is 4.41. The lowest BCUT2D eigenvalue weighted by Crippen LogP contribution is -2.12. The summed E-state index contributed by atoms with van der Waals surface area (Å²) in [5, 5.41) is 0. The topological polar surface area (TPSA) is 96.0 Å². The first-order valence-corrected chi connectivity index (χ1v) is 6.86. The number of methoxy groups -OCH3 is 2. The van der Waals surface area contributed by atoms with E-state index < -0.39 is 11.9 Å². The lowest BCUT2D eigenvalue weighted by Gasteiger charge is -2.03. The average Bonchev–Trinajstić information content (AvgIpc) is 2.47. The Bertz CT molecular complexity index is 328. The summed E-state index contributed by atoms with van der Waals surface area (Å²) in [6, 6.07) is 0. The molecule has 0 amide bonds. The van der Waals surface area contributed by atoms with Crippen molar-refractivity contribution in [2.24, 2.45) is 0 Å².